The number of esters is 1. The summed E-state index contributed by atoms with van der Waals surface area (Å²) in [6.45, 7) is 0. The van der Waals surface area contributed by atoms with Gasteiger partial charge >= 0.3 is 18.1 Å². The van der Waals surface area contributed by atoms with E-state index in [2.05, 4.69) is 9.47 Å². The molecule has 0 radical (unpaired) electrons. The van der Waals surface area contributed by atoms with Crippen LogP contribution in [0.4, 0.5) is 27.6 Å². The molecule has 21 heavy (non-hydrogen) atoms. The average molecular weight is 315 g/mol. The Hall–Kier alpha value is -2.46. The number of ether oxygens (including phenoxy) is 2. The maximum atomic E-state index is 12.7. The van der Waals surface area contributed by atoms with Crippen LogP contribution in [0.1, 0.15) is 0 Å². The maximum Gasteiger partial charge on any atom is 0.465 e. The number of nitro benzene ring substituents is 1. The first-order chi connectivity index (χ1) is 9.50. The van der Waals surface area contributed by atoms with Crippen molar-refractivity contribution in [3.8, 4) is 11.5 Å². The van der Waals surface area contributed by atoms with Crippen LogP contribution in [0.5, 0.6) is 11.5 Å². The molecule has 1 rings (SSSR count). The van der Waals surface area contributed by atoms with Gasteiger partial charge in [-0.2, -0.15) is 22.0 Å². The molecule has 0 aliphatic heterocycles. The molecule has 0 amide bonds. The quantitative estimate of drug-likeness (QED) is 0.281. The third-order valence-corrected chi connectivity index (χ3v) is 2.17. The van der Waals surface area contributed by atoms with E-state index in [0.717, 1.165) is 19.2 Å². The average Bonchev–Trinajstić information content (AvgIpc) is 2.37. The minimum atomic E-state index is -6.15. The third-order valence-electron chi connectivity index (χ3n) is 2.17. The van der Waals surface area contributed by atoms with Crippen molar-refractivity contribution in [3.63, 3.8) is 0 Å². The molecule has 0 spiro atoms. The number of carbonyl (C=O) groups excluding carboxylic acids is 1. The highest BCUT2D eigenvalue weighted by atomic mass is 19.4. The maximum absolute atomic E-state index is 12.7. The summed E-state index contributed by atoms with van der Waals surface area (Å²) in [5, 5.41) is 10.5. The highest BCUT2D eigenvalue weighted by Crippen LogP contribution is 2.38. The molecule has 0 bridgehead atoms. The van der Waals surface area contributed by atoms with E-state index in [1.54, 1.807) is 0 Å². The Morgan fingerprint density at radius 2 is 1.76 bits per heavy atom. The first kappa shape index (κ1) is 16.6. The van der Waals surface area contributed by atoms with Gasteiger partial charge in [-0.15, -0.1) is 0 Å². The molecular formula is C10H6F5NO5. The van der Waals surface area contributed by atoms with Gasteiger partial charge in [-0.25, -0.2) is 4.79 Å². The zero-order valence-corrected chi connectivity index (χ0v) is 10.1. The molecule has 116 valence electrons. The summed E-state index contributed by atoms with van der Waals surface area (Å²) in [4.78, 5) is 20.4. The molecule has 0 fully saturated rings. The number of benzene rings is 1. The topological polar surface area (TPSA) is 78.7 Å². The lowest BCUT2D eigenvalue weighted by atomic mass is 10.2. The normalized spacial score (nSPS) is 11.9. The molecule has 0 aliphatic carbocycles. The smallest absolute Gasteiger partial charge is 0.465 e. The molecule has 0 saturated carbocycles. The van der Waals surface area contributed by atoms with E-state index in [-0.39, 0.29) is 0 Å². The van der Waals surface area contributed by atoms with Gasteiger partial charge in [-0.3, -0.25) is 10.1 Å². The van der Waals surface area contributed by atoms with Crippen molar-refractivity contribution in [2.24, 2.45) is 0 Å². The number of methoxy groups -OCH3 is 1. The monoisotopic (exact) mass is 315 g/mol. The van der Waals surface area contributed by atoms with Crippen LogP contribution < -0.4 is 9.47 Å². The summed E-state index contributed by atoms with van der Waals surface area (Å²) in [6.07, 6.45) is -6.15. The Balaban J connectivity index is 3.15. The zero-order chi connectivity index (χ0) is 16.4. The molecule has 0 aliphatic rings. The summed E-state index contributed by atoms with van der Waals surface area (Å²) < 4.78 is 69.9. The van der Waals surface area contributed by atoms with Crippen LogP contribution in [0.3, 0.4) is 0 Å². The Morgan fingerprint density at radius 1 is 1.19 bits per heavy atom. The molecule has 0 saturated heterocycles. The number of alkyl halides is 5. The predicted octanol–water partition coefficient (Wildman–Crippen LogP) is 2.71. The van der Waals surface area contributed by atoms with Crippen LogP contribution in [-0.2, 0) is 4.79 Å². The van der Waals surface area contributed by atoms with Crippen molar-refractivity contribution in [1.82, 2.24) is 0 Å². The fraction of sp³-hybridized carbons (Fsp3) is 0.300. The van der Waals surface area contributed by atoms with E-state index in [9.17, 15) is 36.9 Å². The molecule has 1 aromatic rings. The van der Waals surface area contributed by atoms with Crippen LogP contribution in [-0.4, -0.2) is 30.1 Å². The van der Waals surface area contributed by atoms with Gasteiger partial charge in [0, 0.05) is 6.07 Å². The molecule has 0 unspecified atom stereocenters. The Labute approximate surface area is 113 Å². The molecule has 0 heterocycles. The lowest BCUT2D eigenvalue weighted by Gasteiger charge is -2.18. The minimum Gasteiger partial charge on any atom is -0.493 e. The molecule has 0 aromatic heterocycles. The van der Waals surface area contributed by atoms with Crippen molar-refractivity contribution < 1.29 is 41.1 Å². The van der Waals surface area contributed by atoms with Gasteiger partial charge in [0.2, 0.25) is 0 Å². The highest BCUT2D eigenvalue weighted by Gasteiger charge is 2.65. The predicted molar refractivity (Wildman–Crippen MR) is 56.3 cm³/mol. The number of hydrogen-bond donors (Lipinski definition) is 0. The van der Waals surface area contributed by atoms with Crippen molar-refractivity contribution in [3.05, 3.63) is 28.3 Å². The molecule has 0 atom stereocenters. The molecule has 0 N–H and O–H groups in total. The molecular weight excluding hydrogens is 309 g/mol. The Morgan fingerprint density at radius 3 is 2.19 bits per heavy atom. The second-order valence-corrected chi connectivity index (χ2v) is 3.55. The van der Waals surface area contributed by atoms with E-state index in [1.165, 1.54) is 0 Å². The fourth-order valence-corrected chi connectivity index (χ4v) is 1.14. The van der Waals surface area contributed by atoms with Crippen molar-refractivity contribution in [2.75, 3.05) is 7.11 Å². The summed E-state index contributed by atoms with van der Waals surface area (Å²) in [6, 6.07) is 2.26. The fourth-order valence-electron chi connectivity index (χ4n) is 1.14. The second-order valence-electron chi connectivity index (χ2n) is 3.55. The van der Waals surface area contributed by atoms with E-state index in [1.807, 2.05) is 0 Å². The van der Waals surface area contributed by atoms with Gasteiger partial charge in [-0.1, -0.05) is 0 Å². The Bertz CT molecular complexity index is 571. The number of nitrogens with zero attached hydrogens (tertiary/aromatic N) is 1. The van der Waals surface area contributed by atoms with Crippen LogP contribution in [0, 0.1) is 10.1 Å². The number of halogens is 5. The zero-order valence-electron chi connectivity index (χ0n) is 10.1. The van der Waals surface area contributed by atoms with E-state index in [4.69, 9.17) is 0 Å². The minimum absolute atomic E-state index is 0.424. The van der Waals surface area contributed by atoms with E-state index in [0.29, 0.717) is 6.07 Å². The SMILES string of the molecule is COc1ccc([N+](=O)[O-])cc1OC(=O)C(F)(F)C(F)(F)F. The number of carbonyl (C=O) groups is 1. The standard InChI is InChI=1S/C10H6F5NO5/c1-20-6-3-2-5(16(18)19)4-7(6)21-8(17)9(11,12)10(13,14)15/h2-4H,1H3. The molecule has 1 aromatic carbocycles. The number of hydrogen-bond acceptors (Lipinski definition) is 5. The van der Waals surface area contributed by atoms with Crippen LogP contribution >= 0.6 is 0 Å². The summed E-state index contributed by atoms with van der Waals surface area (Å²) in [5.74, 6) is -10.0. The van der Waals surface area contributed by atoms with Crippen LogP contribution in [0.2, 0.25) is 0 Å². The summed E-state index contributed by atoms with van der Waals surface area (Å²) >= 11 is 0. The lowest BCUT2D eigenvalue weighted by molar-refractivity contribution is -0.384. The van der Waals surface area contributed by atoms with Crippen molar-refractivity contribution in [1.29, 1.82) is 0 Å². The van der Waals surface area contributed by atoms with Gasteiger partial charge in [0.25, 0.3) is 5.69 Å². The van der Waals surface area contributed by atoms with Gasteiger partial charge in [0.05, 0.1) is 18.1 Å². The van der Waals surface area contributed by atoms with E-state index >= 15 is 0 Å². The van der Waals surface area contributed by atoms with Crippen LogP contribution in [0.15, 0.2) is 18.2 Å². The number of rotatable bonds is 4. The Kier molecular flexibility index (Phi) is 4.35. The van der Waals surface area contributed by atoms with Gasteiger partial charge in [0.15, 0.2) is 11.5 Å². The summed E-state index contributed by atoms with van der Waals surface area (Å²) in [7, 11) is 1.00. The second kappa shape index (κ2) is 5.50. The van der Waals surface area contributed by atoms with Gasteiger partial charge < -0.3 is 9.47 Å². The number of non-ortho nitro benzene ring substituents is 1. The first-order valence-corrected chi connectivity index (χ1v) is 5.00. The van der Waals surface area contributed by atoms with Crippen molar-refractivity contribution >= 4 is 11.7 Å². The van der Waals surface area contributed by atoms with Gasteiger partial charge in [0.1, 0.15) is 0 Å². The molecule has 11 heteroatoms. The van der Waals surface area contributed by atoms with Crippen LogP contribution in [0.25, 0.3) is 0 Å². The summed E-state index contributed by atoms with van der Waals surface area (Å²) in [5.41, 5.74) is -0.686. The lowest BCUT2D eigenvalue weighted by Crippen LogP contribution is -2.46. The third kappa shape index (κ3) is 3.35. The molecule has 6 nitrogen and oxygen atoms in total. The number of nitro groups is 1. The van der Waals surface area contributed by atoms with E-state index < -0.39 is 40.2 Å². The highest BCUT2D eigenvalue weighted by molar-refractivity contribution is 5.81. The van der Waals surface area contributed by atoms with Crippen molar-refractivity contribution in [2.45, 2.75) is 12.1 Å². The first-order valence-electron chi connectivity index (χ1n) is 5.00. The van der Waals surface area contributed by atoms with Gasteiger partial charge in [-0.05, 0) is 6.07 Å². The largest absolute Gasteiger partial charge is 0.493 e.